The van der Waals surface area contributed by atoms with Crippen LogP contribution in [0.15, 0.2) is 0 Å². The van der Waals surface area contributed by atoms with Gasteiger partial charge in [0.05, 0.1) is 45.1 Å². The van der Waals surface area contributed by atoms with Crippen LogP contribution in [0.5, 0.6) is 0 Å². The summed E-state index contributed by atoms with van der Waals surface area (Å²) >= 11 is 0. The number of carbonyl (C=O) groups is 6. The average Bonchev–Trinajstić information content (AvgIpc) is 0.780. The molecule has 114 heavy (non-hydrogen) atoms. The Morgan fingerprint density at radius 2 is 0.623 bits per heavy atom. The number of aliphatic hydroxyl groups is 2. The smallest absolute Gasteiger partial charge is 0.462 e. The van der Waals surface area contributed by atoms with Gasteiger partial charge < -0.3 is 59.1 Å². The molecule has 9 atom stereocenters. The molecule has 6 N–H and O–H groups in total. The lowest BCUT2D eigenvalue weighted by Gasteiger charge is -2.45. The van der Waals surface area contributed by atoms with Gasteiger partial charge in [0.25, 0.3) is 0 Å². The SMILES string of the molecule is CCCCCCCCCCCCCC(=O)O[C@H](CCCCCCCCCCC)CC(=O)N[C@@H](CO)CO[C@@H]1OC(CO)[C@H](OP(=O)(O)O)C(OC(=O)C[C@@H](CCCCCCCCCCC)OC(=O)CCCCCCCCCCCCC)[C@@H]1NC(=O)C[C@@H](CCCCCCCCCCC)OC(=O)CCCCCCCCCCCCC. The first-order valence-electron chi connectivity index (χ1n) is 48.1. The second-order valence-electron chi connectivity index (χ2n) is 33.8. The van der Waals surface area contributed by atoms with Crippen LogP contribution in [-0.4, -0.2) is 131 Å². The summed E-state index contributed by atoms with van der Waals surface area (Å²) in [5.41, 5.74) is 0. The van der Waals surface area contributed by atoms with Crippen molar-refractivity contribution >= 4 is 43.5 Å². The van der Waals surface area contributed by atoms with Gasteiger partial charge >= 0.3 is 31.7 Å². The molecule has 0 aromatic rings. The molecule has 1 rings (SSSR count). The second kappa shape index (κ2) is 78.3. The molecule has 0 saturated carbocycles. The van der Waals surface area contributed by atoms with E-state index in [1.54, 1.807) is 0 Å². The van der Waals surface area contributed by atoms with Crippen molar-refractivity contribution in [3.05, 3.63) is 0 Å². The Labute approximate surface area is 696 Å². The van der Waals surface area contributed by atoms with Crippen molar-refractivity contribution < 1.29 is 86.3 Å². The fraction of sp³-hybridized carbons (Fsp3) is 0.935. The fourth-order valence-electron chi connectivity index (χ4n) is 15.6. The van der Waals surface area contributed by atoms with E-state index in [-0.39, 0.29) is 38.1 Å². The number of aliphatic hydroxyl groups excluding tert-OH is 2. The number of phosphoric ester groups is 1. The van der Waals surface area contributed by atoms with E-state index in [1.807, 2.05) is 0 Å². The number of phosphoric acid groups is 1. The minimum atomic E-state index is -5.53. The Kier molecular flexibility index (Phi) is 74.7. The molecule has 0 aromatic carbocycles. The van der Waals surface area contributed by atoms with E-state index in [9.17, 15) is 53.3 Å². The van der Waals surface area contributed by atoms with Gasteiger partial charge in [0.2, 0.25) is 11.8 Å². The highest BCUT2D eigenvalue weighted by Crippen LogP contribution is 2.43. The van der Waals surface area contributed by atoms with Crippen molar-refractivity contribution in [1.82, 2.24) is 10.6 Å². The summed E-state index contributed by atoms with van der Waals surface area (Å²) < 4.78 is 55.8. The number of hydrogen-bond donors (Lipinski definition) is 6. The summed E-state index contributed by atoms with van der Waals surface area (Å²) in [5.74, 6) is -3.47. The fourth-order valence-corrected chi connectivity index (χ4v) is 16.2. The lowest BCUT2D eigenvalue weighted by molar-refractivity contribution is -0.272. The summed E-state index contributed by atoms with van der Waals surface area (Å²) in [6, 6.07) is -2.81. The Bertz CT molecular complexity index is 2300. The van der Waals surface area contributed by atoms with Gasteiger partial charge in [0.1, 0.15) is 36.6 Å². The van der Waals surface area contributed by atoms with Crippen molar-refractivity contribution in [3.8, 4) is 0 Å². The molecule has 672 valence electrons. The minimum absolute atomic E-state index is 0.154. The number of rotatable bonds is 85. The first kappa shape index (κ1) is 109. The molecule has 0 aliphatic carbocycles. The number of amides is 2. The Balaban J connectivity index is 3.78. The van der Waals surface area contributed by atoms with Crippen molar-refractivity contribution in [2.75, 3.05) is 19.8 Å². The standard InChI is InChI=1S/C93H177N2O18P/c1-7-13-19-25-31-37-40-46-52-58-64-70-86(100)108-80(67-61-55-49-43-34-28-22-16-10-4)73-84(98)94-79(76-96)78-107-93-90(95-85(99)74-81(68-62-56-50-44-35-29-23-17-11-5)109-87(101)71-65-59-53-47-41-38-32-26-20-14-8-2)92(91(83(77-97)111-93)113-114(104,105)106)112-89(103)75-82(69-63-57-51-45-36-30-24-18-12-6)110-88(102)72-66-60-54-48-42-39-33-27-21-15-9-3/h79-83,90-93,96-97H,7-78H2,1-6H3,(H,94,98)(H,95,99)(H2,104,105,106)/t79-,80+,81+,82+,83?,90-,91-,92?,93+/m0/s1. The van der Waals surface area contributed by atoms with E-state index in [4.69, 9.17) is 32.9 Å². The van der Waals surface area contributed by atoms with Crippen LogP contribution < -0.4 is 10.6 Å². The van der Waals surface area contributed by atoms with Crippen LogP contribution in [0.2, 0.25) is 0 Å². The molecule has 1 aliphatic rings. The van der Waals surface area contributed by atoms with E-state index in [0.29, 0.717) is 51.4 Å². The summed E-state index contributed by atoms with van der Waals surface area (Å²) in [6.07, 6.45) is 56.3. The molecule has 1 heterocycles. The predicted octanol–water partition coefficient (Wildman–Crippen LogP) is 23.8. The summed E-state index contributed by atoms with van der Waals surface area (Å²) in [5, 5.41) is 27.7. The topological polar surface area (TPSA) is 289 Å². The van der Waals surface area contributed by atoms with Gasteiger partial charge in [-0.05, 0) is 57.8 Å². The van der Waals surface area contributed by atoms with Gasteiger partial charge in [-0.3, -0.25) is 33.3 Å². The van der Waals surface area contributed by atoms with Gasteiger partial charge in [0.15, 0.2) is 12.4 Å². The molecule has 2 unspecified atom stereocenters. The quantitative estimate of drug-likeness (QED) is 0.0143. The van der Waals surface area contributed by atoms with Gasteiger partial charge in [-0.1, -0.05) is 388 Å². The van der Waals surface area contributed by atoms with E-state index in [1.165, 1.54) is 180 Å². The zero-order chi connectivity index (χ0) is 83.4. The molecule has 0 radical (unpaired) electrons. The van der Waals surface area contributed by atoms with Gasteiger partial charge in [-0.15, -0.1) is 0 Å². The first-order chi connectivity index (χ1) is 55.5. The molecule has 21 heteroatoms. The highest BCUT2D eigenvalue weighted by Gasteiger charge is 2.52. The van der Waals surface area contributed by atoms with Crippen molar-refractivity contribution in [3.63, 3.8) is 0 Å². The first-order valence-corrected chi connectivity index (χ1v) is 49.6. The number of unbranched alkanes of at least 4 members (excludes halogenated alkanes) is 54. The van der Waals surface area contributed by atoms with E-state index in [0.717, 1.165) is 173 Å². The van der Waals surface area contributed by atoms with Crippen LogP contribution in [0.4, 0.5) is 0 Å². The van der Waals surface area contributed by atoms with Crippen LogP contribution in [0, 0.1) is 0 Å². The molecule has 0 bridgehead atoms. The van der Waals surface area contributed by atoms with Crippen LogP contribution in [0.25, 0.3) is 0 Å². The van der Waals surface area contributed by atoms with E-state index < -0.39 is 119 Å². The zero-order valence-electron chi connectivity index (χ0n) is 74.1. The Hall–Kier alpha value is -3.23. The molecule has 1 saturated heterocycles. The molecule has 0 spiro atoms. The average molecular weight is 1640 g/mol. The lowest BCUT2D eigenvalue weighted by Crippen LogP contribution is -2.66. The Morgan fingerprint density at radius 3 is 0.904 bits per heavy atom. The molecule has 1 fully saturated rings. The summed E-state index contributed by atoms with van der Waals surface area (Å²) in [7, 11) is -5.53. The third-order valence-corrected chi connectivity index (χ3v) is 23.2. The summed E-state index contributed by atoms with van der Waals surface area (Å²) in [4.78, 5) is 106. The molecule has 0 aromatic heterocycles. The third-order valence-electron chi connectivity index (χ3n) is 22.7. The van der Waals surface area contributed by atoms with Crippen LogP contribution in [0.1, 0.15) is 485 Å². The predicted molar refractivity (Wildman–Crippen MR) is 462 cm³/mol. The molecule has 1 aliphatic heterocycles. The number of esters is 4. The van der Waals surface area contributed by atoms with Crippen LogP contribution >= 0.6 is 7.82 Å². The number of nitrogens with one attached hydrogen (secondary N) is 2. The van der Waals surface area contributed by atoms with Crippen molar-refractivity contribution in [1.29, 1.82) is 0 Å². The Morgan fingerprint density at radius 1 is 0.351 bits per heavy atom. The zero-order valence-corrected chi connectivity index (χ0v) is 75.0. The monoisotopic (exact) mass is 1640 g/mol. The second-order valence-corrected chi connectivity index (χ2v) is 35.0. The molecular weight excluding hydrogens is 1460 g/mol. The number of hydrogen-bond acceptors (Lipinski definition) is 16. The molecule has 20 nitrogen and oxygen atoms in total. The van der Waals surface area contributed by atoms with Crippen LogP contribution in [-0.2, 0) is 66.3 Å². The normalized spacial score (nSPS) is 16.8. The maximum Gasteiger partial charge on any atom is 0.470 e. The van der Waals surface area contributed by atoms with Crippen LogP contribution in [0.3, 0.4) is 0 Å². The summed E-state index contributed by atoms with van der Waals surface area (Å²) in [6.45, 7) is 11.1. The highest BCUT2D eigenvalue weighted by molar-refractivity contribution is 7.46. The van der Waals surface area contributed by atoms with Gasteiger partial charge in [-0.2, -0.15) is 0 Å². The van der Waals surface area contributed by atoms with Crippen molar-refractivity contribution in [2.45, 2.75) is 540 Å². The van der Waals surface area contributed by atoms with E-state index in [2.05, 4.69) is 52.2 Å². The van der Waals surface area contributed by atoms with Gasteiger partial charge in [-0.25, -0.2) is 4.57 Å². The third kappa shape index (κ3) is 65.6. The maximum atomic E-state index is 15.0. The van der Waals surface area contributed by atoms with Crippen molar-refractivity contribution in [2.24, 2.45) is 0 Å². The highest BCUT2D eigenvalue weighted by atomic mass is 31.2. The largest absolute Gasteiger partial charge is 0.470 e. The minimum Gasteiger partial charge on any atom is -0.462 e. The lowest BCUT2D eigenvalue weighted by atomic mass is 9.95. The van der Waals surface area contributed by atoms with E-state index >= 15 is 0 Å². The van der Waals surface area contributed by atoms with Gasteiger partial charge in [0, 0.05) is 19.3 Å². The maximum absolute atomic E-state index is 15.0. The molecular formula is C93H177N2O18P. The number of carbonyl (C=O) groups excluding carboxylic acids is 6. The number of ether oxygens (including phenoxy) is 6. The molecule has 2 amide bonds.